The number of carbonyl (C=O) groups is 2. The van der Waals surface area contributed by atoms with E-state index in [-0.39, 0.29) is 35.7 Å². The quantitative estimate of drug-likeness (QED) is 0.534. The summed E-state index contributed by atoms with van der Waals surface area (Å²) < 4.78 is 10.6. The highest BCUT2D eigenvalue weighted by molar-refractivity contribution is 5.82. The maximum atomic E-state index is 13.5. The normalized spacial score (nSPS) is 26.2. The van der Waals surface area contributed by atoms with Crippen LogP contribution in [0.25, 0.3) is 0 Å². The lowest BCUT2D eigenvalue weighted by atomic mass is 9.80. The lowest BCUT2D eigenvalue weighted by Crippen LogP contribution is -2.41. The van der Waals surface area contributed by atoms with Crippen molar-refractivity contribution in [3.63, 3.8) is 0 Å². The second-order valence-corrected chi connectivity index (χ2v) is 10.5. The number of methoxy groups -OCH3 is 2. The molecule has 0 bridgehead atoms. The largest absolute Gasteiger partial charge is 0.497 e. The third kappa shape index (κ3) is 4.95. The number of benzene rings is 2. The van der Waals surface area contributed by atoms with Crippen molar-refractivity contribution in [2.75, 3.05) is 27.3 Å². The lowest BCUT2D eigenvalue weighted by Gasteiger charge is -2.35. The SMILES string of the molecule is COc1ccc([C@H]2CCCN2C(=O)C2CCC(C(=O)N3CCC[C@@H]3c3ccc(OC)cc3)CC2)cc1. The summed E-state index contributed by atoms with van der Waals surface area (Å²) >= 11 is 0. The molecule has 6 heteroatoms. The number of hydrogen-bond acceptors (Lipinski definition) is 4. The molecule has 2 amide bonds. The minimum absolute atomic E-state index is 0.0314. The standard InChI is InChI=1S/C30H38N2O4/c1-35-25-15-11-21(12-16-25)27-5-3-19-31(27)29(33)23-7-9-24(10-8-23)30(34)32-20-4-6-28(32)22-13-17-26(36-2)18-14-22/h11-18,23-24,27-28H,3-10,19-20H2,1-2H3/t23?,24?,27-,28-/m1/s1. The Labute approximate surface area is 214 Å². The predicted molar refractivity (Wildman–Crippen MR) is 139 cm³/mol. The van der Waals surface area contributed by atoms with Gasteiger partial charge in [0.05, 0.1) is 26.3 Å². The zero-order valence-corrected chi connectivity index (χ0v) is 21.5. The first-order valence-corrected chi connectivity index (χ1v) is 13.5. The number of hydrogen-bond donors (Lipinski definition) is 0. The van der Waals surface area contributed by atoms with E-state index in [1.54, 1.807) is 14.2 Å². The molecule has 0 unspecified atom stereocenters. The van der Waals surface area contributed by atoms with Crippen molar-refractivity contribution in [1.29, 1.82) is 0 Å². The van der Waals surface area contributed by atoms with Crippen molar-refractivity contribution in [3.05, 3.63) is 59.7 Å². The van der Waals surface area contributed by atoms with Gasteiger partial charge in [-0.3, -0.25) is 9.59 Å². The van der Waals surface area contributed by atoms with Crippen LogP contribution in [0.15, 0.2) is 48.5 Å². The van der Waals surface area contributed by atoms with Crippen LogP contribution < -0.4 is 9.47 Å². The van der Waals surface area contributed by atoms with Crippen molar-refractivity contribution < 1.29 is 19.1 Å². The van der Waals surface area contributed by atoms with Crippen molar-refractivity contribution >= 4 is 11.8 Å². The molecule has 2 saturated heterocycles. The van der Waals surface area contributed by atoms with Crippen LogP contribution in [0.3, 0.4) is 0 Å². The van der Waals surface area contributed by atoms with E-state index in [1.165, 1.54) is 11.1 Å². The smallest absolute Gasteiger partial charge is 0.226 e. The number of nitrogens with zero attached hydrogens (tertiary/aromatic N) is 2. The summed E-state index contributed by atoms with van der Waals surface area (Å²) in [6, 6.07) is 16.5. The third-order valence-electron chi connectivity index (χ3n) is 8.50. The second kappa shape index (κ2) is 10.9. The van der Waals surface area contributed by atoms with Gasteiger partial charge in [-0.15, -0.1) is 0 Å². The first-order valence-electron chi connectivity index (χ1n) is 13.5. The van der Waals surface area contributed by atoms with E-state index in [4.69, 9.17) is 9.47 Å². The summed E-state index contributed by atoms with van der Waals surface area (Å²) in [4.78, 5) is 31.2. The molecule has 2 atom stereocenters. The third-order valence-corrected chi connectivity index (χ3v) is 8.50. The molecule has 5 rings (SSSR count). The molecule has 3 aliphatic rings. The van der Waals surface area contributed by atoms with E-state index in [0.717, 1.165) is 76.0 Å². The highest BCUT2D eigenvalue weighted by Gasteiger charge is 2.39. The van der Waals surface area contributed by atoms with Crippen molar-refractivity contribution in [2.45, 2.75) is 63.5 Å². The molecule has 1 aliphatic carbocycles. The van der Waals surface area contributed by atoms with Crippen LogP contribution in [0, 0.1) is 11.8 Å². The Morgan fingerprint density at radius 2 is 0.972 bits per heavy atom. The van der Waals surface area contributed by atoms with Crippen LogP contribution in [0.5, 0.6) is 11.5 Å². The van der Waals surface area contributed by atoms with Gasteiger partial charge in [0, 0.05) is 24.9 Å². The van der Waals surface area contributed by atoms with E-state index in [9.17, 15) is 9.59 Å². The van der Waals surface area contributed by atoms with Gasteiger partial charge in [0.2, 0.25) is 11.8 Å². The van der Waals surface area contributed by atoms with Gasteiger partial charge in [0.25, 0.3) is 0 Å². The summed E-state index contributed by atoms with van der Waals surface area (Å²) in [6.45, 7) is 1.65. The predicted octanol–water partition coefficient (Wildman–Crippen LogP) is 5.54. The van der Waals surface area contributed by atoms with Gasteiger partial charge < -0.3 is 19.3 Å². The van der Waals surface area contributed by atoms with E-state index >= 15 is 0 Å². The summed E-state index contributed by atoms with van der Waals surface area (Å²) in [5.41, 5.74) is 2.37. The van der Waals surface area contributed by atoms with Gasteiger partial charge in [-0.25, -0.2) is 0 Å². The lowest BCUT2D eigenvalue weighted by molar-refractivity contribution is -0.142. The average Bonchev–Trinajstić information content (AvgIpc) is 3.63. The van der Waals surface area contributed by atoms with Gasteiger partial charge in [-0.2, -0.15) is 0 Å². The van der Waals surface area contributed by atoms with Gasteiger partial charge >= 0.3 is 0 Å². The fourth-order valence-corrected chi connectivity index (χ4v) is 6.46. The van der Waals surface area contributed by atoms with Crippen molar-refractivity contribution in [3.8, 4) is 11.5 Å². The maximum Gasteiger partial charge on any atom is 0.226 e. The second-order valence-electron chi connectivity index (χ2n) is 10.5. The maximum absolute atomic E-state index is 13.5. The number of carbonyl (C=O) groups excluding carboxylic acids is 2. The fourth-order valence-electron chi connectivity index (χ4n) is 6.46. The van der Waals surface area contributed by atoms with Crippen LogP contribution in [-0.4, -0.2) is 48.9 Å². The zero-order chi connectivity index (χ0) is 25.1. The van der Waals surface area contributed by atoms with Crippen molar-refractivity contribution in [1.82, 2.24) is 9.80 Å². The van der Waals surface area contributed by atoms with Crippen molar-refractivity contribution in [2.24, 2.45) is 11.8 Å². The number of likely N-dealkylation sites (tertiary alicyclic amines) is 2. The monoisotopic (exact) mass is 490 g/mol. The first-order chi connectivity index (χ1) is 17.6. The Balaban J connectivity index is 1.18. The Bertz CT molecular complexity index is 958. The zero-order valence-electron chi connectivity index (χ0n) is 21.5. The summed E-state index contributed by atoms with van der Waals surface area (Å²) in [5, 5.41) is 0. The molecule has 36 heavy (non-hydrogen) atoms. The molecule has 192 valence electrons. The van der Waals surface area contributed by atoms with Gasteiger partial charge in [0.15, 0.2) is 0 Å². The topological polar surface area (TPSA) is 59.1 Å². The minimum atomic E-state index is 0.0314. The number of amides is 2. The van der Waals surface area contributed by atoms with E-state index in [2.05, 4.69) is 34.1 Å². The van der Waals surface area contributed by atoms with Gasteiger partial charge in [0.1, 0.15) is 11.5 Å². The van der Waals surface area contributed by atoms with Crippen LogP contribution in [-0.2, 0) is 9.59 Å². The summed E-state index contributed by atoms with van der Waals surface area (Å²) in [6.07, 6.45) is 7.33. The Morgan fingerprint density at radius 1 is 0.611 bits per heavy atom. The molecule has 0 aromatic heterocycles. The molecule has 2 aliphatic heterocycles. The number of ether oxygens (including phenoxy) is 2. The first kappa shape index (κ1) is 24.7. The Kier molecular flexibility index (Phi) is 7.49. The molecule has 0 spiro atoms. The molecule has 2 heterocycles. The van der Waals surface area contributed by atoms with Crippen LogP contribution in [0.2, 0.25) is 0 Å². The molecule has 6 nitrogen and oxygen atoms in total. The Hall–Kier alpha value is -3.02. The fraction of sp³-hybridized carbons (Fsp3) is 0.533. The van der Waals surface area contributed by atoms with Crippen LogP contribution >= 0.6 is 0 Å². The van der Waals surface area contributed by atoms with E-state index in [1.807, 2.05) is 24.3 Å². The summed E-state index contributed by atoms with van der Waals surface area (Å²) in [5.74, 6) is 2.29. The minimum Gasteiger partial charge on any atom is -0.497 e. The molecule has 2 aromatic rings. The summed E-state index contributed by atoms with van der Waals surface area (Å²) in [7, 11) is 3.34. The highest BCUT2D eigenvalue weighted by atomic mass is 16.5. The molecular weight excluding hydrogens is 452 g/mol. The van der Waals surface area contributed by atoms with Gasteiger partial charge in [-0.1, -0.05) is 24.3 Å². The molecule has 0 radical (unpaired) electrons. The van der Waals surface area contributed by atoms with E-state index < -0.39 is 0 Å². The average molecular weight is 491 g/mol. The molecule has 3 fully saturated rings. The van der Waals surface area contributed by atoms with Crippen LogP contribution in [0.1, 0.15) is 74.6 Å². The Morgan fingerprint density at radius 3 is 1.31 bits per heavy atom. The molecule has 2 aromatic carbocycles. The number of rotatable bonds is 6. The van der Waals surface area contributed by atoms with E-state index in [0.29, 0.717) is 0 Å². The van der Waals surface area contributed by atoms with Gasteiger partial charge in [-0.05, 0) is 86.8 Å². The molecule has 0 N–H and O–H groups in total. The molecule has 1 saturated carbocycles. The van der Waals surface area contributed by atoms with Crippen LogP contribution in [0.4, 0.5) is 0 Å². The molecular formula is C30H38N2O4. The highest BCUT2D eigenvalue weighted by Crippen LogP contribution is 2.40.